The maximum Gasteiger partial charge on any atom is 0.240 e. The van der Waals surface area contributed by atoms with E-state index < -0.39 is 10.0 Å². The van der Waals surface area contributed by atoms with Crippen LogP contribution in [-0.2, 0) is 22.9 Å². The van der Waals surface area contributed by atoms with Crippen LogP contribution in [0.15, 0.2) is 47.4 Å². The van der Waals surface area contributed by atoms with Crippen molar-refractivity contribution < 1.29 is 8.42 Å². The summed E-state index contributed by atoms with van der Waals surface area (Å²) in [5, 5.41) is 0.759. The topological polar surface area (TPSA) is 52.7 Å². The average molecular weight is 448 g/mol. The summed E-state index contributed by atoms with van der Waals surface area (Å²) in [6, 6.07) is 13.6. The van der Waals surface area contributed by atoms with Crippen molar-refractivity contribution in [2.24, 2.45) is 0 Å². The lowest BCUT2D eigenvalue weighted by Gasteiger charge is -2.36. The summed E-state index contributed by atoms with van der Waals surface area (Å²) in [6.07, 6.45) is 5.21. The number of hydrogen-bond donors (Lipinski definition) is 1. The summed E-state index contributed by atoms with van der Waals surface area (Å²) in [4.78, 5) is 5.17. The number of aryl methyl sites for hydroxylation is 2. The number of anilines is 1. The summed E-state index contributed by atoms with van der Waals surface area (Å²) >= 11 is 5.97. The number of benzene rings is 2. The molecule has 0 unspecified atom stereocenters. The van der Waals surface area contributed by atoms with Crippen LogP contribution in [0.1, 0.15) is 30.4 Å². The molecular weight excluding hydrogens is 418 g/mol. The summed E-state index contributed by atoms with van der Waals surface area (Å²) in [5.41, 5.74) is 3.71. The van der Waals surface area contributed by atoms with Crippen LogP contribution in [-0.4, -0.2) is 52.6 Å². The largest absolute Gasteiger partial charge is 0.369 e. The van der Waals surface area contributed by atoms with Gasteiger partial charge in [-0.25, -0.2) is 13.1 Å². The zero-order chi connectivity index (χ0) is 21.0. The molecule has 0 radical (unpaired) electrons. The Hall–Kier alpha value is -1.60. The lowest BCUT2D eigenvalue weighted by molar-refractivity contribution is 0.255. The number of nitrogens with zero attached hydrogens (tertiary/aromatic N) is 2. The summed E-state index contributed by atoms with van der Waals surface area (Å²) in [5.74, 6) is 0. The van der Waals surface area contributed by atoms with Gasteiger partial charge in [0.1, 0.15) is 0 Å². The van der Waals surface area contributed by atoms with Gasteiger partial charge >= 0.3 is 0 Å². The highest BCUT2D eigenvalue weighted by Crippen LogP contribution is 2.24. The van der Waals surface area contributed by atoms with Crippen LogP contribution in [0.25, 0.3) is 0 Å². The number of rotatable bonds is 7. The van der Waals surface area contributed by atoms with Crippen LogP contribution in [0.4, 0.5) is 5.69 Å². The fourth-order valence-electron chi connectivity index (χ4n) is 4.35. The minimum atomic E-state index is -3.43. The van der Waals surface area contributed by atoms with Crippen molar-refractivity contribution in [1.82, 2.24) is 9.62 Å². The number of sulfonamides is 1. The van der Waals surface area contributed by atoms with Gasteiger partial charge in [-0.3, -0.25) is 4.90 Å². The molecule has 0 saturated carbocycles. The van der Waals surface area contributed by atoms with Gasteiger partial charge in [-0.05, 0) is 86.2 Å². The molecule has 7 heteroatoms. The third kappa shape index (κ3) is 5.35. The van der Waals surface area contributed by atoms with Crippen LogP contribution in [0, 0.1) is 0 Å². The Morgan fingerprint density at radius 2 is 1.60 bits per heavy atom. The van der Waals surface area contributed by atoms with Gasteiger partial charge in [0, 0.05) is 43.4 Å². The molecule has 1 fully saturated rings. The lowest BCUT2D eigenvalue weighted by Crippen LogP contribution is -2.47. The predicted molar refractivity (Wildman–Crippen MR) is 123 cm³/mol. The highest BCUT2D eigenvalue weighted by molar-refractivity contribution is 7.89. The quantitative estimate of drug-likeness (QED) is 0.657. The van der Waals surface area contributed by atoms with Gasteiger partial charge in [0.2, 0.25) is 10.0 Å². The van der Waals surface area contributed by atoms with E-state index in [1.165, 1.54) is 23.2 Å². The molecule has 0 bridgehead atoms. The Balaban J connectivity index is 1.21. The molecule has 0 atom stereocenters. The van der Waals surface area contributed by atoms with Crippen LogP contribution in [0.3, 0.4) is 0 Å². The second kappa shape index (κ2) is 9.69. The molecule has 0 amide bonds. The minimum absolute atomic E-state index is 0.403. The molecule has 1 aliphatic heterocycles. The van der Waals surface area contributed by atoms with Crippen molar-refractivity contribution in [3.8, 4) is 0 Å². The van der Waals surface area contributed by atoms with E-state index in [1.54, 1.807) is 6.07 Å². The van der Waals surface area contributed by atoms with Crippen molar-refractivity contribution in [2.45, 2.75) is 37.0 Å². The van der Waals surface area contributed by atoms with E-state index in [-0.39, 0.29) is 0 Å². The van der Waals surface area contributed by atoms with E-state index in [9.17, 15) is 8.42 Å². The molecule has 2 aromatic carbocycles. The molecule has 5 nitrogen and oxygen atoms in total. The maximum absolute atomic E-state index is 12.7. The van der Waals surface area contributed by atoms with Crippen molar-refractivity contribution in [2.75, 3.05) is 44.2 Å². The minimum Gasteiger partial charge on any atom is -0.369 e. The highest BCUT2D eigenvalue weighted by Gasteiger charge is 2.19. The lowest BCUT2D eigenvalue weighted by atomic mass is 9.92. The first-order chi connectivity index (χ1) is 14.5. The van der Waals surface area contributed by atoms with Gasteiger partial charge in [0.05, 0.1) is 4.90 Å². The maximum atomic E-state index is 12.7. The highest BCUT2D eigenvalue weighted by atomic mass is 35.5. The second-order valence-corrected chi connectivity index (χ2v) is 10.4. The van der Waals surface area contributed by atoms with Gasteiger partial charge in [-0.15, -0.1) is 0 Å². The van der Waals surface area contributed by atoms with E-state index in [0.29, 0.717) is 11.4 Å². The number of piperazine rings is 1. The smallest absolute Gasteiger partial charge is 0.240 e. The van der Waals surface area contributed by atoms with Crippen molar-refractivity contribution >= 4 is 27.3 Å². The Bertz CT molecular complexity index is 955. The first-order valence-electron chi connectivity index (χ1n) is 10.9. The third-order valence-electron chi connectivity index (χ3n) is 6.14. The molecule has 1 heterocycles. The van der Waals surface area contributed by atoms with Crippen molar-refractivity contribution in [3.05, 3.63) is 58.6 Å². The zero-order valence-electron chi connectivity index (χ0n) is 17.3. The fourth-order valence-corrected chi connectivity index (χ4v) is 5.60. The fraction of sp³-hybridized carbons (Fsp3) is 0.478. The molecular formula is C23H30ClN3O2S. The molecule has 2 aliphatic rings. The summed E-state index contributed by atoms with van der Waals surface area (Å²) in [6.45, 7) is 5.29. The first kappa shape index (κ1) is 21.6. The van der Waals surface area contributed by atoms with E-state index in [1.807, 2.05) is 24.3 Å². The molecule has 1 saturated heterocycles. The van der Waals surface area contributed by atoms with Gasteiger partial charge in [-0.1, -0.05) is 17.7 Å². The molecule has 0 aromatic heterocycles. The van der Waals surface area contributed by atoms with Gasteiger partial charge < -0.3 is 4.90 Å². The van der Waals surface area contributed by atoms with E-state index in [0.717, 1.165) is 63.4 Å². The number of fused-ring (bicyclic) bond motifs is 1. The van der Waals surface area contributed by atoms with Crippen LogP contribution in [0.5, 0.6) is 0 Å². The van der Waals surface area contributed by atoms with Crippen molar-refractivity contribution in [1.29, 1.82) is 0 Å². The molecule has 2 aromatic rings. The summed E-state index contributed by atoms with van der Waals surface area (Å²) < 4.78 is 28.1. The van der Waals surface area contributed by atoms with Crippen LogP contribution < -0.4 is 9.62 Å². The van der Waals surface area contributed by atoms with Crippen LogP contribution >= 0.6 is 11.6 Å². The standard InChI is InChI=1S/C23H30ClN3O2S/c24-21-7-9-22(10-8-21)27-16-14-26(15-17-27)13-3-12-25-30(28,29)23-11-6-19-4-1-2-5-20(19)18-23/h6-11,18,25H,1-5,12-17H2. The van der Waals surface area contributed by atoms with Crippen LogP contribution in [0.2, 0.25) is 5.02 Å². The number of nitrogens with one attached hydrogen (secondary N) is 1. The molecule has 1 N–H and O–H groups in total. The van der Waals surface area contributed by atoms with E-state index in [2.05, 4.69) is 26.7 Å². The SMILES string of the molecule is O=S(=O)(NCCCN1CCN(c2ccc(Cl)cc2)CC1)c1ccc2c(c1)CCCC2. The molecule has 1 aliphatic carbocycles. The van der Waals surface area contributed by atoms with Gasteiger partial charge in [-0.2, -0.15) is 0 Å². The molecule has 0 spiro atoms. The average Bonchev–Trinajstić information content (AvgIpc) is 2.77. The molecule has 162 valence electrons. The zero-order valence-corrected chi connectivity index (χ0v) is 18.9. The third-order valence-corrected chi connectivity index (χ3v) is 7.85. The van der Waals surface area contributed by atoms with Crippen molar-refractivity contribution in [3.63, 3.8) is 0 Å². The van der Waals surface area contributed by atoms with E-state index in [4.69, 9.17) is 11.6 Å². The monoisotopic (exact) mass is 447 g/mol. The second-order valence-electron chi connectivity index (χ2n) is 8.19. The number of halogens is 1. The molecule has 4 rings (SSSR count). The Kier molecular flexibility index (Phi) is 6.98. The molecule has 30 heavy (non-hydrogen) atoms. The Labute approximate surface area is 185 Å². The van der Waals surface area contributed by atoms with Gasteiger partial charge in [0.15, 0.2) is 0 Å². The van der Waals surface area contributed by atoms with E-state index >= 15 is 0 Å². The number of hydrogen-bond acceptors (Lipinski definition) is 4. The predicted octanol–water partition coefficient (Wildman–Crippen LogP) is 3.71. The normalized spacial score (nSPS) is 17.7. The Morgan fingerprint density at radius 1 is 0.900 bits per heavy atom. The first-order valence-corrected chi connectivity index (χ1v) is 12.7. The van der Waals surface area contributed by atoms with Gasteiger partial charge in [0.25, 0.3) is 0 Å². The summed E-state index contributed by atoms with van der Waals surface area (Å²) in [7, 11) is -3.43. The Morgan fingerprint density at radius 3 is 2.33 bits per heavy atom.